The Labute approximate surface area is 148 Å². The number of rotatable bonds is 6. The Morgan fingerprint density at radius 2 is 2.20 bits per heavy atom. The molecule has 134 valence electrons. The maximum atomic E-state index is 11.9. The largest absolute Gasteiger partial charge is 0.337 e. The summed E-state index contributed by atoms with van der Waals surface area (Å²) in [5, 5.41) is 13.4. The average molecular weight is 342 g/mol. The Balaban J connectivity index is 1.39. The number of carbonyl (C=O) groups excluding carboxylic acids is 1. The molecule has 2 aromatic rings. The highest BCUT2D eigenvalue weighted by molar-refractivity contribution is 5.87. The first kappa shape index (κ1) is 17.4. The van der Waals surface area contributed by atoms with Crippen LogP contribution in [0.3, 0.4) is 0 Å². The van der Waals surface area contributed by atoms with Crippen molar-refractivity contribution in [1.82, 2.24) is 25.2 Å². The third-order valence-electron chi connectivity index (χ3n) is 4.72. The summed E-state index contributed by atoms with van der Waals surface area (Å²) < 4.78 is 1.67. The highest BCUT2D eigenvalue weighted by Gasteiger charge is 2.24. The topological polar surface area (TPSA) is 75.1 Å². The van der Waals surface area contributed by atoms with Gasteiger partial charge >= 0.3 is 6.03 Å². The van der Waals surface area contributed by atoms with Gasteiger partial charge in [0.25, 0.3) is 0 Å². The molecule has 7 heteroatoms. The molecule has 0 bridgehead atoms. The molecule has 1 aromatic carbocycles. The van der Waals surface area contributed by atoms with Crippen LogP contribution in [0.4, 0.5) is 10.6 Å². The predicted molar refractivity (Wildman–Crippen MR) is 97.7 cm³/mol. The molecule has 1 aliphatic heterocycles. The van der Waals surface area contributed by atoms with Crippen molar-refractivity contribution in [3.8, 4) is 0 Å². The maximum Gasteiger partial charge on any atom is 0.320 e. The fraction of sp³-hybridized carbons (Fsp3) is 0.500. The molecular formula is C18H26N6O. The van der Waals surface area contributed by atoms with Crippen LogP contribution in [0.2, 0.25) is 0 Å². The fourth-order valence-electron chi connectivity index (χ4n) is 3.33. The van der Waals surface area contributed by atoms with E-state index >= 15 is 0 Å². The van der Waals surface area contributed by atoms with Crippen molar-refractivity contribution in [2.45, 2.75) is 32.7 Å². The number of urea groups is 1. The molecule has 3 rings (SSSR count). The number of hydrogen-bond donors (Lipinski definition) is 2. The van der Waals surface area contributed by atoms with Gasteiger partial charge in [0.2, 0.25) is 0 Å². The number of benzene rings is 1. The van der Waals surface area contributed by atoms with Crippen molar-refractivity contribution in [1.29, 1.82) is 0 Å². The zero-order chi connectivity index (χ0) is 17.6. The number of likely N-dealkylation sites (tertiary alicyclic amines) is 1. The molecule has 1 fully saturated rings. The second-order valence-corrected chi connectivity index (χ2v) is 6.48. The molecule has 25 heavy (non-hydrogen) atoms. The molecule has 1 unspecified atom stereocenters. The standard InChI is InChI=1S/C18H26N6O/c1-3-24-13-17(21-22-24)20-18(25)19-9-11-23-10-8-15(12-23)16-7-5-4-6-14(16)2/h4-7,13,15H,3,8-12H2,1-2H3,(H2,19,20,25). The normalized spacial score (nSPS) is 17.6. The minimum Gasteiger partial charge on any atom is -0.337 e. The van der Waals surface area contributed by atoms with Crippen LogP contribution in [0, 0.1) is 6.92 Å². The van der Waals surface area contributed by atoms with Crippen LogP contribution in [0.5, 0.6) is 0 Å². The minimum atomic E-state index is -0.238. The quantitative estimate of drug-likeness (QED) is 0.844. The van der Waals surface area contributed by atoms with Crippen molar-refractivity contribution < 1.29 is 4.79 Å². The van der Waals surface area contributed by atoms with E-state index in [0.29, 0.717) is 18.3 Å². The molecule has 1 aromatic heterocycles. The molecule has 0 spiro atoms. The lowest BCUT2D eigenvalue weighted by molar-refractivity contribution is 0.249. The van der Waals surface area contributed by atoms with Crippen LogP contribution in [-0.4, -0.2) is 52.1 Å². The van der Waals surface area contributed by atoms with E-state index in [1.165, 1.54) is 17.5 Å². The van der Waals surface area contributed by atoms with Gasteiger partial charge in [0, 0.05) is 26.2 Å². The molecular weight excluding hydrogens is 316 g/mol. The zero-order valence-electron chi connectivity index (χ0n) is 14.9. The van der Waals surface area contributed by atoms with E-state index in [1.807, 2.05) is 6.92 Å². The van der Waals surface area contributed by atoms with Gasteiger partial charge in [-0.15, -0.1) is 5.10 Å². The van der Waals surface area contributed by atoms with Crippen LogP contribution in [-0.2, 0) is 6.54 Å². The van der Waals surface area contributed by atoms with Gasteiger partial charge in [0.05, 0.1) is 6.20 Å². The number of amides is 2. The van der Waals surface area contributed by atoms with E-state index in [1.54, 1.807) is 10.9 Å². The minimum absolute atomic E-state index is 0.238. The zero-order valence-corrected chi connectivity index (χ0v) is 14.9. The van der Waals surface area contributed by atoms with Gasteiger partial charge < -0.3 is 10.2 Å². The van der Waals surface area contributed by atoms with Crippen molar-refractivity contribution in [3.63, 3.8) is 0 Å². The highest BCUT2D eigenvalue weighted by atomic mass is 16.2. The third kappa shape index (κ3) is 4.57. The molecule has 0 aliphatic carbocycles. The Hall–Kier alpha value is -2.41. The summed E-state index contributed by atoms with van der Waals surface area (Å²) >= 11 is 0. The van der Waals surface area contributed by atoms with Gasteiger partial charge in [-0.25, -0.2) is 4.79 Å². The van der Waals surface area contributed by atoms with Gasteiger partial charge in [-0.1, -0.05) is 29.5 Å². The van der Waals surface area contributed by atoms with Crippen LogP contribution < -0.4 is 10.6 Å². The van der Waals surface area contributed by atoms with Gasteiger partial charge in [-0.2, -0.15) is 0 Å². The smallest absolute Gasteiger partial charge is 0.320 e. The molecule has 1 atom stereocenters. The molecule has 0 saturated carbocycles. The Kier molecular flexibility index (Phi) is 5.65. The van der Waals surface area contributed by atoms with Crippen molar-refractivity contribution in [3.05, 3.63) is 41.6 Å². The van der Waals surface area contributed by atoms with E-state index in [4.69, 9.17) is 0 Å². The third-order valence-corrected chi connectivity index (χ3v) is 4.72. The van der Waals surface area contributed by atoms with E-state index in [0.717, 1.165) is 26.2 Å². The predicted octanol–water partition coefficient (Wildman–Crippen LogP) is 2.22. The molecule has 0 radical (unpaired) electrons. The lowest BCUT2D eigenvalue weighted by Gasteiger charge is -2.17. The van der Waals surface area contributed by atoms with Crippen LogP contribution in [0.15, 0.2) is 30.5 Å². The molecule has 2 N–H and O–H groups in total. The van der Waals surface area contributed by atoms with Gasteiger partial charge in [0.1, 0.15) is 0 Å². The van der Waals surface area contributed by atoms with Crippen molar-refractivity contribution >= 4 is 11.8 Å². The first-order chi connectivity index (χ1) is 12.2. The van der Waals surface area contributed by atoms with Crippen LogP contribution in [0.25, 0.3) is 0 Å². The Bertz CT molecular complexity index is 713. The van der Waals surface area contributed by atoms with E-state index in [9.17, 15) is 4.79 Å². The van der Waals surface area contributed by atoms with E-state index in [2.05, 4.69) is 57.0 Å². The summed E-state index contributed by atoms with van der Waals surface area (Å²) in [6.45, 7) is 8.49. The lowest BCUT2D eigenvalue weighted by atomic mass is 9.94. The summed E-state index contributed by atoms with van der Waals surface area (Å²) in [6.07, 6.45) is 2.89. The van der Waals surface area contributed by atoms with Crippen molar-refractivity contribution in [2.75, 3.05) is 31.5 Å². The number of nitrogens with one attached hydrogen (secondary N) is 2. The number of aromatic nitrogens is 3. The van der Waals surface area contributed by atoms with Gasteiger partial charge in [-0.3, -0.25) is 10.00 Å². The summed E-state index contributed by atoms with van der Waals surface area (Å²) in [7, 11) is 0. The number of carbonyl (C=O) groups is 1. The number of aryl methyl sites for hydroxylation is 2. The SMILES string of the molecule is CCn1cc(NC(=O)NCCN2CCC(c3ccccc3C)C2)nn1. The number of hydrogen-bond acceptors (Lipinski definition) is 4. The first-order valence-corrected chi connectivity index (χ1v) is 8.88. The van der Waals surface area contributed by atoms with Crippen LogP contribution >= 0.6 is 0 Å². The second kappa shape index (κ2) is 8.11. The molecule has 1 saturated heterocycles. The average Bonchev–Trinajstić information content (AvgIpc) is 3.25. The molecule has 2 heterocycles. The number of anilines is 1. The maximum absolute atomic E-state index is 11.9. The molecule has 1 aliphatic rings. The summed E-state index contributed by atoms with van der Waals surface area (Å²) in [5.74, 6) is 1.07. The van der Waals surface area contributed by atoms with E-state index in [-0.39, 0.29) is 6.03 Å². The highest BCUT2D eigenvalue weighted by Crippen LogP contribution is 2.28. The van der Waals surface area contributed by atoms with Crippen molar-refractivity contribution in [2.24, 2.45) is 0 Å². The number of nitrogens with zero attached hydrogens (tertiary/aromatic N) is 4. The molecule has 2 amide bonds. The lowest BCUT2D eigenvalue weighted by Crippen LogP contribution is -2.36. The first-order valence-electron chi connectivity index (χ1n) is 8.88. The Morgan fingerprint density at radius 1 is 1.36 bits per heavy atom. The van der Waals surface area contributed by atoms with Gasteiger partial charge in [-0.05, 0) is 43.9 Å². The van der Waals surface area contributed by atoms with E-state index < -0.39 is 0 Å². The Morgan fingerprint density at radius 3 is 2.96 bits per heavy atom. The van der Waals surface area contributed by atoms with Gasteiger partial charge in [0.15, 0.2) is 5.82 Å². The summed E-state index contributed by atoms with van der Waals surface area (Å²) in [4.78, 5) is 14.3. The molecule has 7 nitrogen and oxygen atoms in total. The second-order valence-electron chi connectivity index (χ2n) is 6.48. The summed E-state index contributed by atoms with van der Waals surface area (Å²) in [6, 6.07) is 8.38. The monoisotopic (exact) mass is 342 g/mol. The van der Waals surface area contributed by atoms with Crippen LogP contribution in [0.1, 0.15) is 30.4 Å². The fourth-order valence-corrected chi connectivity index (χ4v) is 3.33. The summed E-state index contributed by atoms with van der Waals surface area (Å²) in [5.41, 5.74) is 2.82.